The van der Waals surface area contributed by atoms with Crippen LogP contribution in [0.4, 0.5) is 14.5 Å². The summed E-state index contributed by atoms with van der Waals surface area (Å²) in [6, 6.07) is 9.57. The van der Waals surface area contributed by atoms with Gasteiger partial charge in [-0.05, 0) is 24.3 Å². The zero-order valence-electron chi connectivity index (χ0n) is 14.5. The average Bonchev–Trinajstić information content (AvgIpc) is 3.11. The lowest BCUT2D eigenvalue weighted by molar-refractivity contribution is -0.112. The van der Waals surface area contributed by atoms with Crippen molar-refractivity contribution in [2.75, 3.05) is 19.5 Å². The summed E-state index contributed by atoms with van der Waals surface area (Å²) in [5, 5.41) is 11.8. The lowest BCUT2D eigenvalue weighted by atomic mass is 10.2. The summed E-state index contributed by atoms with van der Waals surface area (Å²) in [5.74, 6) is -1.70. The fourth-order valence-electron chi connectivity index (χ4n) is 2.10. The van der Waals surface area contributed by atoms with Crippen LogP contribution >= 0.6 is 11.8 Å². The zero-order chi connectivity index (χ0) is 19.8. The first-order chi connectivity index (χ1) is 13.0. The molecule has 0 bridgehead atoms. The largest absolute Gasteiger partial charge is 0.493 e. The molecule has 2 aromatic rings. The van der Waals surface area contributed by atoms with Crippen molar-refractivity contribution < 1.29 is 27.5 Å². The molecule has 0 saturated carbocycles. The summed E-state index contributed by atoms with van der Waals surface area (Å²) in [6.07, 6.45) is 1.24. The summed E-state index contributed by atoms with van der Waals surface area (Å²) in [5.41, 5.74) is 0.208. The number of carbonyl (C=O) groups excluding carboxylic acids is 1. The van der Waals surface area contributed by atoms with Crippen LogP contribution in [0.15, 0.2) is 40.3 Å². The van der Waals surface area contributed by atoms with Crippen LogP contribution in [0.1, 0.15) is 11.5 Å². The molecule has 0 aliphatic carbocycles. The van der Waals surface area contributed by atoms with Gasteiger partial charge in [0, 0.05) is 17.8 Å². The fourth-order valence-corrected chi connectivity index (χ4v) is 2.54. The van der Waals surface area contributed by atoms with Crippen molar-refractivity contribution in [3.63, 3.8) is 0 Å². The highest BCUT2D eigenvalue weighted by Gasteiger charge is 2.13. The van der Waals surface area contributed by atoms with Gasteiger partial charge in [-0.3, -0.25) is 4.79 Å². The Morgan fingerprint density at radius 3 is 2.67 bits per heavy atom. The van der Waals surface area contributed by atoms with Crippen molar-refractivity contribution in [1.82, 2.24) is 0 Å². The molecular weight excluding hydrogens is 378 g/mol. The Balaban J connectivity index is 2.12. The van der Waals surface area contributed by atoms with E-state index < -0.39 is 11.7 Å². The lowest BCUT2D eigenvalue weighted by Crippen LogP contribution is -2.13. The highest BCUT2D eigenvalue weighted by atomic mass is 32.2. The number of ether oxygens (including phenoxy) is 2. The molecule has 6 nitrogen and oxygen atoms in total. The predicted octanol–water partition coefficient (Wildman–Crippen LogP) is 4.30. The monoisotopic (exact) mass is 394 g/mol. The van der Waals surface area contributed by atoms with Crippen LogP contribution in [0.5, 0.6) is 11.5 Å². The first kappa shape index (κ1) is 20.3. The van der Waals surface area contributed by atoms with Gasteiger partial charge in [-0.1, -0.05) is 11.8 Å². The van der Waals surface area contributed by atoms with Gasteiger partial charge in [0.25, 0.3) is 11.7 Å². The van der Waals surface area contributed by atoms with E-state index in [0.29, 0.717) is 34.7 Å². The number of carbonyl (C=O) groups is 1. The number of hydrogen-bond acceptors (Lipinski definition) is 6. The minimum atomic E-state index is -2.50. The quantitative estimate of drug-likeness (QED) is 0.531. The van der Waals surface area contributed by atoms with Crippen molar-refractivity contribution in [3.8, 4) is 17.6 Å². The van der Waals surface area contributed by atoms with E-state index >= 15 is 0 Å². The summed E-state index contributed by atoms with van der Waals surface area (Å²) in [7, 11) is 2.95. The van der Waals surface area contributed by atoms with E-state index in [2.05, 4.69) is 5.32 Å². The number of furan rings is 1. The van der Waals surface area contributed by atoms with E-state index in [0.717, 1.165) is 0 Å². The molecule has 142 valence electrons. The summed E-state index contributed by atoms with van der Waals surface area (Å²) in [6.45, 7) is 0. The predicted molar refractivity (Wildman–Crippen MR) is 97.8 cm³/mol. The third-order valence-corrected chi connectivity index (χ3v) is 4.03. The Morgan fingerprint density at radius 1 is 1.30 bits per heavy atom. The number of benzene rings is 1. The smallest absolute Gasteiger partial charge is 0.284 e. The molecule has 1 aromatic heterocycles. The Labute approximate surface area is 158 Å². The first-order valence-electron chi connectivity index (χ1n) is 7.60. The third kappa shape index (κ3) is 5.76. The minimum absolute atomic E-state index is 0.00870. The zero-order valence-corrected chi connectivity index (χ0v) is 15.3. The van der Waals surface area contributed by atoms with Gasteiger partial charge in [0.1, 0.15) is 23.2 Å². The molecule has 1 heterocycles. The molecule has 0 aliphatic heterocycles. The second kappa shape index (κ2) is 9.64. The van der Waals surface area contributed by atoms with Crippen LogP contribution in [-0.4, -0.2) is 25.9 Å². The van der Waals surface area contributed by atoms with Crippen LogP contribution in [0, 0.1) is 11.3 Å². The van der Waals surface area contributed by atoms with E-state index in [1.165, 1.54) is 32.4 Å². The number of hydrogen-bond donors (Lipinski definition) is 1. The van der Waals surface area contributed by atoms with Gasteiger partial charge < -0.3 is 19.2 Å². The Hall–Kier alpha value is -2.99. The SMILES string of the molecule is COc1ccc(NC(=O)/C(C#N)=C/c2ccc(CSC(F)F)o2)cc1OC. The normalized spacial score (nSPS) is 11.2. The highest BCUT2D eigenvalue weighted by Crippen LogP contribution is 2.30. The number of nitrogens with zero attached hydrogens (tertiary/aromatic N) is 1. The van der Waals surface area contributed by atoms with Crippen molar-refractivity contribution in [3.05, 3.63) is 47.4 Å². The highest BCUT2D eigenvalue weighted by molar-refractivity contribution is 7.98. The van der Waals surface area contributed by atoms with E-state index in [-0.39, 0.29) is 17.1 Å². The average molecular weight is 394 g/mol. The Bertz CT molecular complexity index is 874. The number of alkyl halides is 2. The van der Waals surface area contributed by atoms with E-state index in [9.17, 15) is 18.8 Å². The van der Waals surface area contributed by atoms with Gasteiger partial charge in [-0.2, -0.15) is 14.0 Å². The van der Waals surface area contributed by atoms with Gasteiger partial charge in [0.2, 0.25) is 0 Å². The summed E-state index contributed by atoms with van der Waals surface area (Å²) >= 11 is 0.423. The third-order valence-electron chi connectivity index (χ3n) is 3.33. The van der Waals surface area contributed by atoms with Crippen LogP contribution in [0.3, 0.4) is 0 Å². The number of methoxy groups -OCH3 is 2. The fraction of sp³-hybridized carbons (Fsp3) is 0.222. The molecule has 0 unspecified atom stereocenters. The second-order valence-corrected chi connectivity index (χ2v) is 6.05. The van der Waals surface area contributed by atoms with Gasteiger partial charge in [-0.25, -0.2) is 0 Å². The van der Waals surface area contributed by atoms with Crippen molar-refractivity contribution in [2.24, 2.45) is 0 Å². The summed E-state index contributed by atoms with van der Waals surface area (Å²) < 4.78 is 40.0. The Kier molecular flexibility index (Phi) is 7.25. The standard InChI is InChI=1S/C18H16F2N2O4S/c1-24-15-6-3-12(8-16(15)25-2)22-17(23)11(9-21)7-13-4-5-14(26-13)10-27-18(19)20/h3-8,18H,10H2,1-2H3,(H,22,23)/b11-7+. The van der Waals surface area contributed by atoms with Gasteiger partial charge >= 0.3 is 0 Å². The van der Waals surface area contributed by atoms with Crippen LogP contribution in [0.2, 0.25) is 0 Å². The maximum absolute atomic E-state index is 12.3. The number of halogens is 2. The molecule has 1 amide bonds. The number of rotatable bonds is 8. The summed E-state index contributed by atoms with van der Waals surface area (Å²) in [4.78, 5) is 12.3. The molecule has 0 saturated heterocycles. The van der Waals surface area contributed by atoms with Crippen LogP contribution in [0.25, 0.3) is 6.08 Å². The molecule has 0 spiro atoms. The molecule has 0 fully saturated rings. The Morgan fingerprint density at radius 2 is 2.04 bits per heavy atom. The number of amides is 1. The van der Waals surface area contributed by atoms with Gasteiger partial charge in [-0.15, -0.1) is 0 Å². The number of nitrogens with one attached hydrogen (secondary N) is 1. The molecule has 2 rings (SSSR count). The molecule has 27 heavy (non-hydrogen) atoms. The maximum atomic E-state index is 12.3. The lowest BCUT2D eigenvalue weighted by Gasteiger charge is -2.10. The van der Waals surface area contributed by atoms with E-state index in [1.54, 1.807) is 24.3 Å². The number of nitriles is 1. The van der Waals surface area contributed by atoms with E-state index in [1.807, 2.05) is 0 Å². The van der Waals surface area contributed by atoms with Crippen molar-refractivity contribution in [2.45, 2.75) is 11.5 Å². The van der Waals surface area contributed by atoms with E-state index in [4.69, 9.17) is 13.9 Å². The molecule has 0 atom stereocenters. The van der Waals surface area contributed by atoms with Crippen LogP contribution < -0.4 is 14.8 Å². The van der Waals surface area contributed by atoms with Crippen molar-refractivity contribution >= 4 is 29.4 Å². The molecule has 9 heteroatoms. The second-order valence-electron chi connectivity index (χ2n) is 5.07. The van der Waals surface area contributed by atoms with Crippen LogP contribution in [-0.2, 0) is 10.5 Å². The minimum Gasteiger partial charge on any atom is -0.493 e. The molecule has 1 aromatic carbocycles. The number of thioether (sulfide) groups is 1. The molecule has 1 N–H and O–H groups in total. The topological polar surface area (TPSA) is 84.5 Å². The van der Waals surface area contributed by atoms with Gasteiger partial charge in [0.05, 0.1) is 20.0 Å². The van der Waals surface area contributed by atoms with Crippen molar-refractivity contribution in [1.29, 1.82) is 5.26 Å². The van der Waals surface area contributed by atoms with Gasteiger partial charge in [0.15, 0.2) is 11.5 Å². The molecule has 0 aliphatic rings. The number of anilines is 1. The molecule has 0 radical (unpaired) electrons. The first-order valence-corrected chi connectivity index (χ1v) is 8.65. The molecular formula is C18H16F2N2O4S. The maximum Gasteiger partial charge on any atom is 0.284 e.